The zero-order valence-corrected chi connectivity index (χ0v) is 10.1. The number of hydrogen-bond acceptors (Lipinski definition) is 1. The Balaban J connectivity index is 2.15. The van der Waals surface area contributed by atoms with E-state index in [9.17, 15) is 0 Å². The summed E-state index contributed by atoms with van der Waals surface area (Å²) in [5.74, 6) is 0.326. The third-order valence-corrected chi connectivity index (χ3v) is 3.38. The zero-order valence-electron chi connectivity index (χ0n) is 10.1. The van der Waals surface area contributed by atoms with Crippen molar-refractivity contribution in [3.8, 4) is 0 Å². The molecule has 0 amide bonds. The van der Waals surface area contributed by atoms with Gasteiger partial charge < -0.3 is 0 Å². The molecule has 1 N–H and O–H groups in total. The molecule has 0 fully saturated rings. The minimum Gasteiger partial charge on any atom is -0.278 e. The molecular weight excluding hydrogens is 220 g/mol. The number of benzene rings is 2. The molecule has 0 aliphatic carbocycles. The number of H-pyrrole nitrogens is 1. The van der Waals surface area contributed by atoms with Crippen LogP contribution in [-0.2, 0) is 0 Å². The molecule has 1 radical (unpaired) electrons. The van der Waals surface area contributed by atoms with Gasteiger partial charge in [-0.25, -0.2) is 0 Å². The van der Waals surface area contributed by atoms with E-state index < -0.39 is 0 Å². The number of rotatable bonds is 3. The molecule has 89 valence electrons. The van der Waals surface area contributed by atoms with Crippen molar-refractivity contribution in [2.24, 2.45) is 0 Å². The van der Waals surface area contributed by atoms with Gasteiger partial charge in [0.2, 0.25) is 0 Å². The molecule has 0 saturated carbocycles. The van der Waals surface area contributed by atoms with Crippen LogP contribution in [0.15, 0.2) is 54.7 Å². The second kappa shape index (κ2) is 4.65. The van der Waals surface area contributed by atoms with Gasteiger partial charge in [-0.2, -0.15) is 5.10 Å². The van der Waals surface area contributed by atoms with Crippen LogP contribution in [0.5, 0.6) is 0 Å². The highest BCUT2D eigenvalue weighted by molar-refractivity contribution is 5.82. The van der Waals surface area contributed by atoms with E-state index in [-0.39, 0.29) is 0 Å². The van der Waals surface area contributed by atoms with E-state index >= 15 is 0 Å². The van der Waals surface area contributed by atoms with Crippen LogP contribution in [0.2, 0.25) is 0 Å². The molecule has 0 spiro atoms. The molecule has 3 aromatic rings. The van der Waals surface area contributed by atoms with Gasteiger partial charge in [0.1, 0.15) is 0 Å². The molecule has 1 unspecified atom stereocenters. The monoisotopic (exact) mass is 235 g/mol. The maximum Gasteiger partial charge on any atom is 0.0653 e. The largest absolute Gasteiger partial charge is 0.278 e. The van der Waals surface area contributed by atoms with E-state index in [1.165, 1.54) is 16.5 Å². The Morgan fingerprint density at radius 1 is 1.06 bits per heavy atom. The molecule has 3 rings (SSSR count). The quantitative estimate of drug-likeness (QED) is 0.732. The lowest BCUT2D eigenvalue weighted by Crippen LogP contribution is -1.99. The Morgan fingerprint density at radius 3 is 2.67 bits per heavy atom. The Kier molecular flexibility index (Phi) is 2.85. The van der Waals surface area contributed by atoms with Crippen LogP contribution in [0, 0.1) is 6.92 Å². The predicted molar refractivity (Wildman–Crippen MR) is 74.4 cm³/mol. The lowest BCUT2D eigenvalue weighted by atomic mass is 9.87. The van der Waals surface area contributed by atoms with Gasteiger partial charge in [-0.1, -0.05) is 49.4 Å². The fourth-order valence-corrected chi connectivity index (χ4v) is 2.48. The van der Waals surface area contributed by atoms with Gasteiger partial charge in [-0.15, -0.1) is 0 Å². The Hall–Kier alpha value is -2.09. The zero-order chi connectivity index (χ0) is 12.4. The molecule has 0 aliphatic heterocycles. The number of fused-ring (bicyclic) bond motifs is 1. The van der Waals surface area contributed by atoms with Crippen molar-refractivity contribution in [1.29, 1.82) is 0 Å². The summed E-state index contributed by atoms with van der Waals surface area (Å²) in [6.45, 7) is 4.10. The second-order valence-corrected chi connectivity index (χ2v) is 4.43. The van der Waals surface area contributed by atoms with Crippen LogP contribution in [0.3, 0.4) is 0 Å². The van der Waals surface area contributed by atoms with Crippen LogP contribution < -0.4 is 0 Å². The molecule has 0 bridgehead atoms. The standard InChI is InChI=1S/C16H15N2/c1-2-13(12-7-4-3-5-8-12)14-9-6-10-16-15(14)11-17-18-16/h3-11,13H,1-2H2,(H,17,18). The van der Waals surface area contributed by atoms with E-state index in [2.05, 4.69) is 59.6 Å². The summed E-state index contributed by atoms with van der Waals surface area (Å²) in [5, 5.41) is 8.34. The Bertz CT molecular complexity index is 640. The number of nitrogens with zero attached hydrogens (tertiary/aromatic N) is 1. The summed E-state index contributed by atoms with van der Waals surface area (Å²) in [4.78, 5) is 0. The van der Waals surface area contributed by atoms with Gasteiger partial charge in [-0.3, -0.25) is 5.10 Å². The lowest BCUT2D eigenvalue weighted by Gasteiger charge is -2.16. The maximum absolute atomic E-state index is 4.13. The van der Waals surface area contributed by atoms with Crippen molar-refractivity contribution in [1.82, 2.24) is 10.2 Å². The normalized spacial score (nSPS) is 12.7. The molecule has 2 heteroatoms. The molecule has 1 heterocycles. The average molecular weight is 235 g/mol. The van der Waals surface area contributed by atoms with Gasteiger partial charge in [0.15, 0.2) is 0 Å². The van der Waals surface area contributed by atoms with E-state index in [1.54, 1.807) is 0 Å². The first-order chi connectivity index (χ1) is 8.90. The van der Waals surface area contributed by atoms with Crippen LogP contribution in [0.25, 0.3) is 10.9 Å². The van der Waals surface area contributed by atoms with Crippen LogP contribution in [-0.4, -0.2) is 10.2 Å². The summed E-state index contributed by atoms with van der Waals surface area (Å²) < 4.78 is 0. The summed E-state index contributed by atoms with van der Waals surface area (Å²) in [5.41, 5.74) is 3.69. The number of aromatic nitrogens is 2. The fourth-order valence-electron chi connectivity index (χ4n) is 2.48. The van der Waals surface area contributed by atoms with Gasteiger partial charge >= 0.3 is 0 Å². The highest BCUT2D eigenvalue weighted by atomic mass is 15.1. The van der Waals surface area contributed by atoms with Gasteiger partial charge in [-0.05, 0) is 23.6 Å². The fraction of sp³-hybridized carbons (Fsp3) is 0.125. The average Bonchev–Trinajstić information content (AvgIpc) is 2.90. The van der Waals surface area contributed by atoms with Crippen molar-refractivity contribution in [2.45, 2.75) is 12.3 Å². The first-order valence-corrected chi connectivity index (χ1v) is 6.16. The molecule has 18 heavy (non-hydrogen) atoms. The second-order valence-electron chi connectivity index (χ2n) is 4.43. The van der Waals surface area contributed by atoms with E-state index in [1.807, 2.05) is 12.3 Å². The molecule has 0 saturated heterocycles. The molecular formula is C16H15N2. The van der Waals surface area contributed by atoms with Crippen LogP contribution in [0.4, 0.5) is 0 Å². The molecule has 1 aromatic heterocycles. The smallest absolute Gasteiger partial charge is 0.0653 e. The number of aromatic amines is 1. The highest BCUT2D eigenvalue weighted by Gasteiger charge is 2.15. The SMILES string of the molecule is [CH2]CC(c1ccccc1)c1cccc2[nH]ncc12. The van der Waals surface area contributed by atoms with Gasteiger partial charge in [0.25, 0.3) is 0 Å². The van der Waals surface area contributed by atoms with Crippen molar-refractivity contribution in [3.05, 3.63) is 72.8 Å². The van der Waals surface area contributed by atoms with Crippen LogP contribution in [0.1, 0.15) is 23.5 Å². The maximum atomic E-state index is 4.13. The Labute approximate surface area is 107 Å². The summed E-state index contributed by atoms with van der Waals surface area (Å²) >= 11 is 0. The minimum atomic E-state index is 0.326. The lowest BCUT2D eigenvalue weighted by molar-refractivity contribution is 0.835. The molecule has 2 aromatic carbocycles. The van der Waals surface area contributed by atoms with Crippen molar-refractivity contribution < 1.29 is 0 Å². The van der Waals surface area contributed by atoms with Gasteiger partial charge in [0.05, 0.1) is 11.7 Å². The van der Waals surface area contributed by atoms with Crippen molar-refractivity contribution >= 4 is 10.9 Å². The van der Waals surface area contributed by atoms with Crippen molar-refractivity contribution in [2.75, 3.05) is 0 Å². The predicted octanol–water partition coefficient (Wildman–Crippen LogP) is 3.92. The third kappa shape index (κ3) is 1.80. The Morgan fingerprint density at radius 2 is 1.89 bits per heavy atom. The summed E-state index contributed by atoms with van der Waals surface area (Å²) in [6, 6.07) is 16.8. The molecule has 2 nitrogen and oxygen atoms in total. The van der Waals surface area contributed by atoms with Crippen LogP contribution >= 0.6 is 0 Å². The van der Waals surface area contributed by atoms with E-state index in [0.29, 0.717) is 5.92 Å². The molecule has 1 atom stereocenters. The van der Waals surface area contributed by atoms with Gasteiger partial charge in [0, 0.05) is 11.3 Å². The topological polar surface area (TPSA) is 28.7 Å². The highest BCUT2D eigenvalue weighted by Crippen LogP contribution is 2.32. The first-order valence-electron chi connectivity index (χ1n) is 6.16. The summed E-state index contributed by atoms with van der Waals surface area (Å²) in [6.07, 6.45) is 2.74. The number of hydrogen-bond donors (Lipinski definition) is 1. The first kappa shape index (κ1) is 11.0. The summed E-state index contributed by atoms with van der Waals surface area (Å²) in [7, 11) is 0. The number of nitrogens with one attached hydrogen (secondary N) is 1. The van der Waals surface area contributed by atoms with E-state index in [4.69, 9.17) is 0 Å². The third-order valence-electron chi connectivity index (χ3n) is 3.38. The minimum absolute atomic E-state index is 0.326. The van der Waals surface area contributed by atoms with E-state index in [0.717, 1.165) is 11.9 Å². The molecule has 0 aliphatic rings. The van der Waals surface area contributed by atoms with Crippen molar-refractivity contribution in [3.63, 3.8) is 0 Å².